The maximum Gasteiger partial charge on any atom is 0.311 e. The lowest BCUT2D eigenvalue weighted by atomic mass is 9.43. The van der Waals surface area contributed by atoms with E-state index in [1.165, 1.54) is 0 Å². The van der Waals surface area contributed by atoms with Crippen LogP contribution in [-0.4, -0.2) is 22.2 Å². The number of fused-ring (bicyclic) bond motifs is 1. The zero-order valence-corrected chi connectivity index (χ0v) is 9.80. The van der Waals surface area contributed by atoms with E-state index in [4.69, 9.17) is 0 Å². The number of carboxylic acid groups (broad SMARTS) is 1. The van der Waals surface area contributed by atoms with Crippen LogP contribution in [0.1, 0.15) is 26.7 Å². The molecule has 3 saturated carbocycles. The van der Waals surface area contributed by atoms with Crippen LogP contribution in [0, 0.1) is 16.2 Å². The van der Waals surface area contributed by atoms with Crippen molar-refractivity contribution in [3.05, 3.63) is 0 Å². The van der Waals surface area contributed by atoms with E-state index in [1.54, 1.807) is 0 Å². The topological polar surface area (TPSA) is 54.4 Å². The second-order valence-electron chi connectivity index (χ2n) is 4.92. The Morgan fingerprint density at radius 2 is 2.07 bits per heavy atom. The Morgan fingerprint density at radius 3 is 2.29 bits per heavy atom. The molecule has 3 atom stereocenters. The van der Waals surface area contributed by atoms with Crippen LogP contribution < -0.4 is 0 Å². The molecule has 0 heterocycles. The highest BCUT2D eigenvalue weighted by Crippen LogP contribution is 2.79. The highest BCUT2D eigenvalue weighted by atomic mass is 79.9. The number of halogens is 1. The number of hydrogen-bond acceptors (Lipinski definition) is 2. The first-order chi connectivity index (χ1) is 6.37. The second kappa shape index (κ2) is 2.40. The minimum atomic E-state index is -0.778. The highest BCUT2D eigenvalue weighted by molar-refractivity contribution is 9.09. The van der Waals surface area contributed by atoms with Crippen molar-refractivity contribution in [1.82, 2.24) is 0 Å². The van der Waals surface area contributed by atoms with Gasteiger partial charge < -0.3 is 9.90 Å². The summed E-state index contributed by atoms with van der Waals surface area (Å²) in [6.07, 6.45) is 2.23. The highest BCUT2D eigenvalue weighted by Gasteiger charge is 2.82. The summed E-state index contributed by atoms with van der Waals surface area (Å²) >= 11 is 3.39. The average Bonchev–Trinajstić information content (AvgIpc) is 2.53. The smallest absolute Gasteiger partial charge is 0.311 e. The number of aldehydes is 1. The number of alkyl halides is 1. The van der Waals surface area contributed by atoms with E-state index in [2.05, 4.69) is 15.9 Å². The Balaban J connectivity index is 2.53. The van der Waals surface area contributed by atoms with Crippen LogP contribution in [0.5, 0.6) is 0 Å². The van der Waals surface area contributed by atoms with Gasteiger partial charge in [-0.05, 0) is 18.3 Å². The molecule has 0 amide bonds. The molecule has 3 fully saturated rings. The van der Waals surface area contributed by atoms with Crippen LogP contribution in [0.25, 0.3) is 0 Å². The van der Waals surface area contributed by atoms with Crippen LogP contribution in [0.15, 0.2) is 0 Å². The molecule has 3 rings (SSSR count). The predicted octanol–water partition coefficient (Wildman–Crippen LogP) is 1.84. The van der Waals surface area contributed by atoms with E-state index >= 15 is 0 Å². The summed E-state index contributed by atoms with van der Waals surface area (Å²) in [6, 6.07) is 0. The number of rotatable bonds is 2. The van der Waals surface area contributed by atoms with Gasteiger partial charge in [0.2, 0.25) is 0 Å². The molecule has 4 heteroatoms. The maximum atomic E-state index is 11.3. The van der Waals surface area contributed by atoms with Gasteiger partial charge >= 0.3 is 5.97 Å². The molecule has 0 saturated heterocycles. The van der Waals surface area contributed by atoms with Gasteiger partial charge in [0.05, 0.1) is 5.41 Å². The van der Waals surface area contributed by atoms with Crippen molar-refractivity contribution >= 4 is 28.2 Å². The molecule has 0 aromatic carbocycles. The number of hydrogen-bond donors (Lipinski definition) is 1. The molecule has 2 bridgehead atoms. The molecule has 0 spiro atoms. The third-order valence-corrected chi connectivity index (χ3v) is 6.29. The Morgan fingerprint density at radius 1 is 1.50 bits per heavy atom. The van der Waals surface area contributed by atoms with Crippen molar-refractivity contribution in [3.8, 4) is 0 Å². The maximum absolute atomic E-state index is 11.3. The minimum Gasteiger partial charge on any atom is -0.481 e. The van der Waals surface area contributed by atoms with E-state index < -0.39 is 22.2 Å². The molecular weight excluding hydrogens is 248 g/mol. The van der Waals surface area contributed by atoms with Crippen LogP contribution >= 0.6 is 15.9 Å². The molecule has 78 valence electrons. The SMILES string of the molecule is CC1(C)C2(C=O)CCC1(C(=O)O)C2Br. The monoisotopic (exact) mass is 260 g/mol. The first kappa shape index (κ1) is 10.1. The van der Waals surface area contributed by atoms with Gasteiger partial charge in [-0.1, -0.05) is 29.8 Å². The number of aliphatic carboxylic acids is 1. The van der Waals surface area contributed by atoms with Crippen LogP contribution in [-0.2, 0) is 9.59 Å². The molecule has 0 aromatic heterocycles. The van der Waals surface area contributed by atoms with Crippen LogP contribution in [0.3, 0.4) is 0 Å². The molecule has 3 nitrogen and oxygen atoms in total. The van der Waals surface area contributed by atoms with E-state index in [0.29, 0.717) is 12.8 Å². The standard InChI is InChI=1S/C10H13BrO3/c1-8(2)9(5-12)3-4-10(8,6(9)11)7(13)14/h5-6H,3-4H2,1-2H3,(H,13,14). The Hall–Kier alpha value is -0.380. The summed E-state index contributed by atoms with van der Waals surface area (Å²) in [6.45, 7) is 3.78. The molecule has 0 aliphatic heterocycles. The Labute approximate surface area is 91.0 Å². The van der Waals surface area contributed by atoms with Gasteiger partial charge in [-0.2, -0.15) is 0 Å². The summed E-state index contributed by atoms with van der Waals surface area (Å²) in [5.74, 6) is -0.778. The fourth-order valence-electron chi connectivity index (χ4n) is 3.44. The molecule has 3 aliphatic rings. The van der Waals surface area contributed by atoms with Gasteiger partial charge in [0, 0.05) is 10.2 Å². The molecule has 1 N–H and O–H groups in total. The number of carboxylic acids is 1. The van der Waals surface area contributed by atoms with Crippen LogP contribution in [0.2, 0.25) is 0 Å². The van der Waals surface area contributed by atoms with Crippen molar-refractivity contribution in [3.63, 3.8) is 0 Å². The molecule has 3 aliphatic carbocycles. The lowest BCUT2D eigenvalue weighted by Crippen LogP contribution is -2.69. The van der Waals surface area contributed by atoms with Crippen molar-refractivity contribution in [2.75, 3.05) is 0 Å². The van der Waals surface area contributed by atoms with Crippen molar-refractivity contribution in [2.45, 2.75) is 31.5 Å². The van der Waals surface area contributed by atoms with Crippen molar-refractivity contribution in [1.29, 1.82) is 0 Å². The van der Waals surface area contributed by atoms with Crippen LogP contribution in [0.4, 0.5) is 0 Å². The third-order valence-electron chi connectivity index (χ3n) is 4.69. The quantitative estimate of drug-likeness (QED) is 0.609. The fourth-order valence-corrected chi connectivity index (χ4v) is 5.35. The summed E-state index contributed by atoms with van der Waals surface area (Å²) in [7, 11) is 0. The first-order valence-corrected chi connectivity index (χ1v) is 5.62. The van der Waals surface area contributed by atoms with Crippen molar-refractivity contribution in [2.24, 2.45) is 16.2 Å². The number of carbonyl (C=O) groups excluding carboxylic acids is 1. The van der Waals surface area contributed by atoms with Gasteiger partial charge in [0.25, 0.3) is 0 Å². The van der Waals surface area contributed by atoms with E-state index in [1.807, 2.05) is 13.8 Å². The normalized spacial score (nSPS) is 48.4. The van der Waals surface area contributed by atoms with Gasteiger partial charge in [0.15, 0.2) is 0 Å². The lowest BCUT2D eigenvalue weighted by molar-refractivity contribution is -0.181. The zero-order valence-electron chi connectivity index (χ0n) is 8.21. The van der Waals surface area contributed by atoms with E-state index in [-0.39, 0.29) is 4.83 Å². The third kappa shape index (κ3) is 0.630. The average molecular weight is 261 g/mol. The summed E-state index contributed by atoms with van der Waals surface area (Å²) in [4.78, 5) is 22.2. The summed E-state index contributed by atoms with van der Waals surface area (Å²) in [5, 5.41) is 9.28. The summed E-state index contributed by atoms with van der Waals surface area (Å²) < 4.78 is 0. The fraction of sp³-hybridized carbons (Fsp3) is 0.800. The zero-order chi connectivity index (χ0) is 10.8. The molecule has 0 aromatic rings. The van der Waals surface area contributed by atoms with E-state index in [0.717, 1.165) is 6.29 Å². The summed E-state index contributed by atoms with van der Waals surface area (Å²) in [5.41, 5.74) is -1.64. The van der Waals surface area contributed by atoms with Gasteiger partial charge in [-0.25, -0.2) is 0 Å². The lowest BCUT2D eigenvalue weighted by Gasteiger charge is -2.61. The molecule has 14 heavy (non-hydrogen) atoms. The van der Waals surface area contributed by atoms with Crippen molar-refractivity contribution < 1.29 is 14.7 Å². The second-order valence-corrected chi connectivity index (χ2v) is 5.84. The first-order valence-electron chi connectivity index (χ1n) is 4.70. The largest absolute Gasteiger partial charge is 0.481 e. The molecule has 3 unspecified atom stereocenters. The molecule has 0 radical (unpaired) electrons. The number of carbonyl (C=O) groups is 2. The van der Waals surface area contributed by atoms with E-state index in [9.17, 15) is 14.7 Å². The van der Waals surface area contributed by atoms with Gasteiger partial charge in [-0.15, -0.1) is 0 Å². The van der Waals surface area contributed by atoms with Gasteiger partial charge in [0.1, 0.15) is 6.29 Å². The Kier molecular flexibility index (Phi) is 1.74. The molecular formula is C10H13BrO3. The van der Waals surface area contributed by atoms with Gasteiger partial charge in [-0.3, -0.25) is 4.79 Å². The Bertz CT molecular complexity index is 325. The predicted molar refractivity (Wildman–Crippen MR) is 54.3 cm³/mol. The minimum absolute atomic E-state index is 0.201.